The molecule has 2 saturated heterocycles. The highest BCUT2D eigenvalue weighted by Crippen LogP contribution is 2.46. The monoisotopic (exact) mass is 1000 g/mol. The first-order chi connectivity index (χ1) is 35.5. The first-order valence-electron chi connectivity index (χ1n) is 23.4. The lowest BCUT2D eigenvalue weighted by Crippen LogP contribution is -2.65. The standard InChI is InChI=1S/C55H54O18/c56-25-41-44(59)46(61)48(63)54(70-41)72-52-42(26-57)71-55(49(64)47(52)62)73-53-45(60)43-37(58)23-36(65-27-31-13-5-1-6-14-31)24-38(43)69-50(53)35-21-39(66-28-32-15-7-2-8-16-32)51(68-30-34-19-11-4-12-20-34)40(22-35)67-29-33-17-9-3-10-18-33/h1-24,41-42,44,46-49,52,54-59,61-64H,25-30H2/t41-,42-,44+,46+,47-,48-,49-,52?,54+,55+/m1/s1. The molecular weight excluding hydrogens is 949 g/mol. The number of benzene rings is 6. The first-order valence-corrected chi connectivity index (χ1v) is 23.4. The topological polar surface area (TPSA) is 266 Å². The lowest BCUT2D eigenvalue weighted by atomic mass is 9.97. The van der Waals surface area contributed by atoms with Crippen LogP contribution >= 0.6 is 0 Å². The summed E-state index contributed by atoms with van der Waals surface area (Å²) >= 11 is 0. The third-order valence-electron chi connectivity index (χ3n) is 12.3. The van der Waals surface area contributed by atoms with Crippen LogP contribution in [-0.4, -0.2) is 115 Å². The number of aromatic hydroxyl groups is 1. The zero-order valence-electron chi connectivity index (χ0n) is 39.0. The number of hydrogen-bond donors (Lipinski definition) is 8. The van der Waals surface area contributed by atoms with Gasteiger partial charge in [-0.1, -0.05) is 121 Å². The summed E-state index contributed by atoms with van der Waals surface area (Å²) in [6.07, 6.45) is -18.0. The molecular formula is C55H54O18. The van der Waals surface area contributed by atoms with E-state index in [4.69, 9.17) is 42.3 Å². The molecule has 73 heavy (non-hydrogen) atoms. The van der Waals surface area contributed by atoms with Crippen molar-refractivity contribution in [2.24, 2.45) is 0 Å². The van der Waals surface area contributed by atoms with Crippen LogP contribution in [0.2, 0.25) is 0 Å². The van der Waals surface area contributed by atoms with E-state index in [1.165, 1.54) is 12.1 Å². The Morgan fingerprint density at radius 1 is 0.493 bits per heavy atom. The highest BCUT2D eigenvalue weighted by atomic mass is 16.7. The summed E-state index contributed by atoms with van der Waals surface area (Å²) < 4.78 is 55.6. The van der Waals surface area contributed by atoms with E-state index in [-0.39, 0.29) is 71.7 Å². The molecule has 2 fully saturated rings. The summed E-state index contributed by atoms with van der Waals surface area (Å²) in [5, 5.41) is 86.1. The van der Waals surface area contributed by atoms with Gasteiger partial charge >= 0.3 is 0 Å². The Hall–Kier alpha value is -7.07. The van der Waals surface area contributed by atoms with E-state index in [2.05, 4.69) is 0 Å². The Bertz CT molecular complexity index is 2890. The molecule has 1 unspecified atom stereocenters. The molecule has 382 valence electrons. The Kier molecular flexibility index (Phi) is 16.2. The van der Waals surface area contributed by atoms with Crippen molar-refractivity contribution in [2.75, 3.05) is 13.2 Å². The molecule has 0 bridgehead atoms. The second kappa shape index (κ2) is 23.2. The molecule has 0 saturated carbocycles. The van der Waals surface area contributed by atoms with Crippen LogP contribution in [0, 0.1) is 0 Å². The second-order valence-electron chi connectivity index (χ2n) is 17.4. The average molecular weight is 1000 g/mol. The Morgan fingerprint density at radius 3 is 1.49 bits per heavy atom. The van der Waals surface area contributed by atoms with E-state index in [0.29, 0.717) is 0 Å². The molecule has 0 radical (unpaired) electrons. The van der Waals surface area contributed by atoms with Gasteiger partial charge in [-0.25, -0.2) is 0 Å². The van der Waals surface area contributed by atoms with Crippen LogP contribution in [0.25, 0.3) is 22.3 Å². The van der Waals surface area contributed by atoms with Gasteiger partial charge in [0.05, 0.1) is 13.2 Å². The van der Waals surface area contributed by atoms with Gasteiger partial charge in [-0.3, -0.25) is 4.79 Å². The molecule has 0 aliphatic carbocycles. The summed E-state index contributed by atoms with van der Waals surface area (Å²) in [5.41, 5.74) is 2.28. The molecule has 7 aromatic rings. The Labute approximate surface area is 417 Å². The van der Waals surface area contributed by atoms with Crippen molar-refractivity contribution >= 4 is 11.0 Å². The lowest BCUT2D eigenvalue weighted by molar-refractivity contribution is -0.352. The molecule has 9 rings (SSSR count). The van der Waals surface area contributed by atoms with Gasteiger partial charge in [0.15, 0.2) is 23.5 Å². The minimum atomic E-state index is -2.08. The fourth-order valence-electron chi connectivity index (χ4n) is 8.41. The van der Waals surface area contributed by atoms with E-state index >= 15 is 0 Å². The molecule has 18 nitrogen and oxygen atoms in total. The summed E-state index contributed by atoms with van der Waals surface area (Å²) in [7, 11) is 0. The summed E-state index contributed by atoms with van der Waals surface area (Å²) in [6.45, 7) is -1.37. The largest absolute Gasteiger partial charge is 0.507 e. The van der Waals surface area contributed by atoms with E-state index in [1.54, 1.807) is 12.1 Å². The number of phenolic OH excluding ortho intramolecular Hbond substituents is 1. The first kappa shape index (κ1) is 50.9. The van der Waals surface area contributed by atoms with Crippen molar-refractivity contribution in [1.29, 1.82) is 0 Å². The van der Waals surface area contributed by atoms with Gasteiger partial charge < -0.3 is 83.2 Å². The molecule has 1 aromatic heterocycles. The van der Waals surface area contributed by atoms with E-state index in [9.17, 15) is 45.6 Å². The van der Waals surface area contributed by atoms with Crippen LogP contribution in [0.5, 0.6) is 34.5 Å². The maximum atomic E-state index is 15.0. The fraction of sp³-hybridized carbons (Fsp3) is 0.291. The second-order valence-corrected chi connectivity index (χ2v) is 17.4. The summed E-state index contributed by atoms with van der Waals surface area (Å²) in [4.78, 5) is 15.0. The molecule has 10 atom stereocenters. The molecule has 0 spiro atoms. The van der Waals surface area contributed by atoms with Crippen molar-refractivity contribution in [3.63, 3.8) is 0 Å². The SMILES string of the molecule is O=c1c(O[C@@H]2O[C@H](CO)C(O[C@@H]3O[C@H](CO)[C@H](O)[C@H](O)[C@H]3O)[C@H](O)[C@H]2O)c(-c2cc(OCc3ccccc3)c(OCc3ccccc3)c(OCc3ccccc3)c2)oc2cc(OCc3ccccc3)cc(O)c12. The molecule has 8 N–H and O–H groups in total. The van der Waals surface area contributed by atoms with Crippen molar-refractivity contribution in [3.8, 4) is 45.8 Å². The fourth-order valence-corrected chi connectivity index (χ4v) is 8.41. The van der Waals surface area contributed by atoms with Gasteiger partial charge in [0, 0.05) is 17.7 Å². The van der Waals surface area contributed by atoms with Gasteiger partial charge in [-0.15, -0.1) is 0 Å². The number of aliphatic hydroxyl groups is 7. The van der Waals surface area contributed by atoms with E-state index in [0.717, 1.165) is 22.3 Å². The highest BCUT2D eigenvalue weighted by Gasteiger charge is 2.51. The van der Waals surface area contributed by atoms with Gasteiger partial charge in [0.25, 0.3) is 0 Å². The number of hydrogen-bond acceptors (Lipinski definition) is 18. The highest BCUT2D eigenvalue weighted by molar-refractivity contribution is 5.88. The maximum absolute atomic E-state index is 15.0. The number of phenols is 1. The number of aliphatic hydroxyl groups excluding tert-OH is 7. The normalized spacial score (nSPS) is 23.9. The number of rotatable bonds is 19. The Morgan fingerprint density at radius 2 is 0.973 bits per heavy atom. The van der Waals surface area contributed by atoms with Gasteiger partial charge in [0.2, 0.25) is 23.2 Å². The third kappa shape index (κ3) is 11.6. The molecule has 2 aliphatic heterocycles. The molecule has 0 amide bonds. The average Bonchev–Trinajstić information content (AvgIpc) is 3.42. The predicted octanol–water partition coefficient (Wildman–Crippen LogP) is 4.48. The van der Waals surface area contributed by atoms with Crippen LogP contribution in [0.1, 0.15) is 22.3 Å². The number of fused-ring (bicyclic) bond motifs is 1. The van der Waals surface area contributed by atoms with Crippen LogP contribution in [0.15, 0.2) is 155 Å². The third-order valence-corrected chi connectivity index (χ3v) is 12.3. The smallest absolute Gasteiger partial charge is 0.239 e. The predicted molar refractivity (Wildman–Crippen MR) is 260 cm³/mol. The molecule has 2 aliphatic rings. The van der Waals surface area contributed by atoms with Crippen LogP contribution in [-0.2, 0) is 40.6 Å². The van der Waals surface area contributed by atoms with Crippen molar-refractivity contribution in [2.45, 2.75) is 87.8 Å². The minimum Gasteiger partial charge on any atom is -0.507 e. The van der Waals surface area contributed by atoms with Crippen molar-refractivity contribution < 1.29 is 83.2 Å². The Balaban J connectivity index is 1.15. The summed E-state index contributed by atoms with van der Waals surface area (Å²) in [6, 6.07) is 43.1. The van der Waals surface area contributed by atoms with E-state index in [1.807, 2.05) is 121 Å². The van der Waals surface area contributed by atoms with Gasteiger partial charge in [0.1, 0.15) is 97.7 Å². The van der Waals surface area contributed by atoms with Crippen LogP contribution < -0.4 is 29.1 Å². The molecule has 18 heteroatoms. The van der Waals surface area contributed by atoms with E-state index < -0.39 is 91.6 Å². The van der Waals surface area contributed by atoms with Crippen molar-refractivity contribution in [3.05, 3.63) is 178 Å². The van der Waals surface area contributed by atoms with Gasteiger partial charge in [-0.2, -0.15) is 0 Å². The minimum absolute atomic E-state index is 0.0556. The zero-order chi connectivity index (χ0) is 51.0. The molecule has 6 aromatic carbocycles. The summed E-state index contributed by atoms with van der Waals surface area (Å²) in [5.74, 6) is -0.852. The van der Waals surface area contributed by atoms with Crippen molar-refractivity contribution in [1.82, 2.24) is 0 Å². The van der Waals surface area contributed by atoms with Crippen LogP contribution in [0.3, 0.4) is 0 Å². The quantitative estimate of drug-likeness (QED) is 0.0555. The van der Waals surface area contributed by atoms with Gasteiger partial charge in [-0.05, 0) is 34.4 Å². The van der Waals surface area contributed by atoms with Crippen LogP contribution in [0.4, 0.5) is 0 Å². The molecule has 3 heterocycles. The maximum Gasteiger partial charge on any atom is 0.239 e. The lowest BCUT2D eigenvalue weighted by Gasteiger charge is -2.45. The number of ether oxygens (including phenoxy) is 8. The zero-order valence-corrected chi connectivity index (χ0v) is 39.0.